The molecular formula is C31H40N2O11. The fourth-order valence-electron chi connectivity index (χ4n) is 5.66. The number of carboxylic acids is 1. The Balaban J connectivity index is 1.41. The average Bonchev–Trinajstić information content (AvgIpc) is 3.17. The number of methoxy groups -OCH3 is 4. The van der Waals surface area contributed by atoms with Crippen LogP contribution in [0.3, 0.4) is 0 Å². The number of hydrogen-bond donors (Lipinski definition) is 3. The number of esters is 1. The van der Waals surface area contributed by atoms with Gasteiger partial charge in [-0.05, 0) is 65.8 Å². The molecule has 3 N–H and O–H groups in total. The second-order valence-corrected chi connectivity index (χ2v) is 10.8. The van der Waals surface area contributed by atoms with Crippen molar-refractivity contribution in [2.24, 2.45) is 0 Å². The minimum absolute atomic E-state index is 0.00584. The van der Waals surface area contributed by atoms with Gasteiger partial charge in [-0.25, -0.2) is 9.59 Å². The van der Waals surface area contributed by atoms with Crippen molar-refractivity contribution in [2.75, 3.05) is 61.3 Å². The molecule has 0 saturated carbocycles. The Bertz CT molecular complexity index is 1360. The van der Waals surface area contributed by atoms with Crippen LogP contribution in [0.25, 0.3) is 0 Å². The van der Waals surface area contributed by atoms with Crippen molar-refractivity contribution in [1.82, 2.24) is 9.80 Å². The number of nitrogens with zero attached hydrogens (tertiary/aromatic N) is 2. The molecule has 0 bridgehead atoms. The summed E-state index contributed by atoms with van der Waals surface area (Å²) in [6, 6.07) is 7.63. The number of carbonyl (C=O) groups is 3. The van der Waals surface area contributed by atoms with Gasteiger partial charge in [0.05, 0.1) is 34.9 Å². The van der Waals surface area contributed by atoms with Crippen LogP contribution < -0.4 is 18.9 Å². The molecule has 0 spiro atoms. The molecular weight excluding hydrogens is 576 g/mol. The molecule has 1 aliphatic carbocycles. The maximum atomic E-state index is 13.1. The first kappa shape index (κ1) is 32.8. The Kier molecular flexibility index (Phi) is 10.9. The smallest absolute Gasteiger partial charge is 0.339 e. The third kappa shape index (κ3) is 7.34. The summed E-state index contributed by atoms with van der Waals surface area (Å²) in [5, 5.41) is 28.3. The third-order valence-electron chi connectivity index (χ3n) is 8.17. The summed E-state index contributed by atoms with van der Waals surface area (Å²) in [5.74, 6) is -0.442. The molecule has 0 fully saturated rings. The highest BCUT2D eigenvalue weighted by molar-refractivity contribution is 5.84. The summed E-state index contributed by atoms with van der Waals surface area (Å²) >= 11 is 0. The molecule has 0 aromatic heterocycles. The van der Waals surface area contributed by atoms with Crippen LogP contribution in [0.15, 0.2) is 24.3 Å². The second-order valence-electron chi connectivity index (χ2n) is 10.8. The van der Waals surface area contributed by atoms with Crippen molar-refractivity contribution >= 4 is 17.8 Å². The number of aliphatic hydroxyl groups is 2. The largest absolute Gasteiger partial charge is 0.493 e. The molecule has 2 aromatic carbocycles. The standard InChI is InChI=1S/C31H40N2O11/c1-40-23-11-18-6-9-33(27(34)14-19(18)12-24(23)41-2)8-5-7-32(17-44-31(39)29(36)28(35)30(37)38)16-21-10-20-13-25(42-3)26(43-4)15-22(20)21/h11-13,15,21,28-29,35-36H,5-10,14,16-17H2,1-4H3,(H,37,38). The van der Waals surface area contributed by atoms with E-state index in [1.165, 1.54) is 0 Å². The second kappa shape index (κ2) is 14.6. The van der Waals surface area contributed by atoms with Crippen molar-refractivity contribution in [3.8, 4) is 23.0 Å². The first-order chi connectivity index (χ1) is 21.1. The van der Waals surface area contributed by atoms with E-state index in [-0.39, 0.29) is 25.0 Å². The van der Waals surface area contributed by atoms with Crippen LogP contribution in [0, 0.1) is 0 Å². The van der Waals surface area contributed by atoms with E-state index >= 15 is 0 Å². The van der Waals surface area contributed by atoms with Crippen LogP contribution in [0.2, 0.25) is 0 Å². The quantitative estimate of drug-likeness (QED) is 0.192. The number of fused-ring (bicyclic) bond motifs is 2. The van der Waals surface area contributed by atoms with E-state index in [0.717, 1.165) is 28.7 Å². The van der Waals surface area contributed by atoms with Crippen molar-refractivity contribution in [3.63, 3.8) is 0 Å². The van der Waals surface area contributed by atoms with E-state index < -0.39 is 24.1 Å². The van der Waals surface area contributed by atoms with Gasteiger partial charge >= 0.3 is 11.9 Å². The lowest BCUT2D eigenvalue weighted by atomic mass is 9.77. The normalized spacial score (nSPS) is 17.0. The Hall–Kier alpha value is -4.07. The molecule has 1 aliphatic heterocycles. The number of aliphatic hydroxyl groups excluding tert-OH is 2. The Morgan fingerprint density at radius 2 is 1.50 bits per heavy atom. The third-order valence-corrected chi connectivity index (χ3v) is 8.17. The predicted octanol–water partition coefficient (Wildman–Crippen LogP) is 0.987. The van der Waals surface area contributed by atoms with E-state index in [1.54, 1.807) is 28.4 Å². The molecule has 0 radical (unpaired) electrons. The zero-order chi connectivity index (χ0) is 32.0. The number of amides is 1. The molecule has 1 heterocycles. The minimum Gasteiger partial charge on any atom is -0.493 e. The number of benzene rings is 2. The fourth-order valence-corrected chi connectivity index (χ4v) is 5.66. The van der Waals surface area contributed by atoms with Crippen molar-refractivity contribution in [1.29, 1.82) is 0 Å². The first-order valence-electron chi connectivity index (χ1n) is 14.3. The lowest BCUT2D eigenvalue weighted by Crippen LogP contribution is -2.43. The molecule has 44 heavy (non-hydrogen) atoms. The van der Waals surface area contributed by atoms with Crippen molar-refractivity contribution in [2.45, 2.75) is 43.8 Å². The van der Waals surface area contributed by atoms with Gasteiger partial charge in [-0.1, -0.05) is 0 Å². The highest BCUT2D eigenvalue weighted by Gasteiger charge is 2.33. The highest BCUT2D eigenvalue weighted by atomic mass is 16.6. The van der Waals surface area contributed by atoms with Crippen LogP contribution >= 0.6 is 0 Å². The van der Waals surface area contributed by atoms with Gasteiger partial charge in [-0.15, -0.1) is 0 Å². The zero-order valence-corrected chi connectivity index (χ0v) is 25.4. The maximum Gasteiger partial charge on any atom is 0.339 e. The summed E-state index contributed by atoms with van der Waals surface area (Å²) < 4.78 is 26.9. The number of ether oxygens (including phenoxy) is 5. The van der Waals surface area contributed by atoms with Gasteiger partial charge in [0, 0.05) is 32.1 Å². The van der Waals surface area contributed by atoms with E-state index in [2.05, 4.69) is 0 Å². The van der Waals surface area contributed by atoms with Crippen molar-refractivity contribution < 1.29 is 53.4 Å². The SMILES string of the molecule is COc1cc2c(cc1OC)CC(=O)N(CCCN(COC(=O)C(O)C(O)C(=O)O)CC1Cc3cc(OC)c(OC)cc31)CC2. The number of aliphatic carboxylic acids is 1. The highest BCUT2D eigenvalue weighted by Crippen LogP contribution is 2.42. The molecule has 2 aliphatic rings. The fraction of sp³-hybridized carbons (Fsp3) is 0.516. The summed E-state index contributed by atoms with van der Waals surface area (Å²) in [6.07, 6.45) is -2.28. The summed E-state index contributed by atoms with van der Waals surface area (Å²) in [6.45, 7) is 1.71. The van der Waals surface area contributed by atoms with Gasteiger partial charge < -0.3 is 43.9 Å². The number of carboxylic acid groups (broad SMARTS) is 1. The maximum absolute atomic E-state index is 13.1. The van der Waals surface area contributed by atoms with Gasteiger partial charge in [-0.2, -0.15) is 0 Å². The van der Waals surface area contributed by atoms with Gasteiger partial charge in [0.2, 0.25) is 5.91 Å². The average molecular weight is 617 g/mol. The number of rotatable bonds is 15. The zero-order valence-electron chi connectivity index (χ0n) is 25.4. The lowest BCUT2D eigenvalue weighted by Gasteiger charge is -2.35. The Morgan fingerprint density at radius 1 is 0.909 bits per heavy atom. The van der Waals surface area contributed by atoms with Crippen LogP contribution in [-0.2, 0) is 38.4 Å². The van der Waals surface area contributed by atoms with Crippen LogP contribution in [-0.4, -0.2) is 117 Å². The predicted molar refractivity (Wildman–Crippen MR) is 156 cm³/mol. The summed E-state index contributed by atoms with van der Waals surface area (Å²) in [5.41, 5.74) is 4.13. The Labute approximate surface area is 255 Å². The van der Waals surface area contributed by atoms with E-state index in [4.69, 9.17) is 28.8 Å². The number of carbonyl (C=O) groups excluding carboxylic acids is 2. The number of hydrogen-bond acceptors (Lipinski definition) is 11. The van der Waals surface area contributed by atoms with Crippen LogP contribution in [0.1, 0.15) is 34.6 Å². The molecule has 4 rings (SSSR count). The van der Waals surface area contributed by atoms with Crippen LogP contribution in [0.5, 0.6) is 23.0 Å². The topological polar surface area (TPSA) is 165 Å². The molecule has 2 aromatic rings. The molecule has 1 amide bonds. The molecule has 3 unspecified atom stereocenters. The first-order valence-corrected chi connectivity index (χ1v) is 14.3. The van der Waals surface area contributed by atoms with E-state index in [0.29, 0.717) is 62.0 Å². The molecule has 0 saturated heterocycles. The minimum atomic E-state index is -2.30. The van der Waals surface area contributed by atoms with Crippen LogP contribution in [0.4, 0.5) is 0 Å². The van der Waals surface area contributed by atoms with Gasteiger partial charge in [0.15, 0.2) is 35.2 Å². The molecule has 240 valence electrons. The van der Waals surface area contributed by atoms with Crippen molar-refractivity contribution in [3.05, 3.63) is 46.5 Å². The monoisotopic (exact) mass is 616 g/mol. The lowest BCUT2D eigenvalue weighted by molar-refractivity contribution is -0.173. The van der Waals surface area contributed by atoms with E-state index in [1.807, 2.05) is 34.1 Å². The molecule has 3 atom stereocenters. The summed E-state index contributed by atoms with van der Waals surface area (Å²) in [4.78, 5) is 40.1. The Morgan fingerprint density at radius 3 is 2.11 bits per heavy atom. The van der Waals surface area contributed by atoms with E-state index in [9.17, 15) is 24.6 Å². The van der Waals surface area contributed by atoms with Gasteiger partial charge in [0.1, 0.15) is 6.73 Å². The van der Waals surface area contributed by atoms with Gasteiger partial charge in [0.25, 0.3) is 0 Å². The van der Waals surface area contributed by atoms with Gasteiger partial charge in [-0.3, -0.25) is 9.69 Å². The molecule has 13 nitrogen and oxygen atoms in total. The summed E-state index contributed by atoms with van der Waals surface area (Å²) in [7, 11) is 6.28. The molecule has 13 heteroatoms.